The maximum atomic E-state index is 13.5. The summed E-state index contributed by atoms with van der Waals surface area (Å²) in [7, 11) is 0. The van der Waals surface area contributed by atoms with Crippen LogP contribution in [0.15, 0.2) is 47.4 Å². The standard InChI is InChI=1S/C20H19FN4O3/c1-12-2-3-13(11-22-12)18(26)24-8-6-15(7-9-24)25-19(27)16-10-14(21)4-5-17(16)23-20(25)28/h2-5,10-11,15-16H,6-9H2,1H3. The van der Waals surface area contributed by atoms with E-state index >= 15 is 0 Å². The van der Waals surface area contributed by atoms with Crippen molar-refractivity contribution in [3.63, 3.8) is 0 Å². The van der Waals surface area contributed by atoms with Crippen molar-refractivity contribution in [3.8, 4) is 0 Å². The number of carbonyl (C=O) groups excluding carboxylic acids is 3. The smallest absolute Gasteiger partial charge is 0.338 e. The number of piperidine rings is 1. The molecule has 1 aromatic rings. The number of hydrogen-bond donors (Lipinski definition) is 0. The fourth-order valence-electron chi connectivity index (χ4n) is 3.72. The van der Waals surface area contributed by atoms with Gasteiger partial charge in [0.05, 0.1) is 11.3 Å². The Kier molecular flexibility index (Phi) is 4.62. The average molecular weight is 382 g/mol. The van der Waals surface area contributed by atoms with Crippen LogP contribution in [-0.4, -0.2) is 57.5 Å². The zero-order valence-corrected chi connectivity index (χ0v) is 15.3. The summed E-state index contributed by atoms with van der Waals surface area (Å²) in [5.74, 6) is -1.95. The van der Waals surface area contributed by atoms with E-state index in [4.69, 9.17) is 0 Å². The molecule has 3 aliphatic rings. The highest BCUT2D eigenvalue weighted by molar-refractivity contribution is 6.21. The van der Waals surface area contributed by atoms with Gasteiger partial charge in [0.25, 0.3) is 5.91 Å². The number of pyridine rings is 1. The molecule has 0 radical (unpaired) electrons. The minimum atomic E-state index is -0.860. The molecule has 1 aliphatic carbocycles. The van der Waals surface area contributed by atoms with Gasteiger partial charge in [0, 0.05) is 31.0 Å². The molecule has 144 valence electrons. The molecule has 0 aromatic carbocycles. The Balaban J connectivity index is 1.45. The Bertz CT molecular complexity index is 927. The van der Waals surface area contributed by atoms with Crippen molar-refractivity contribution in [2.75, 3.05) is 13.1 Å². The number of rotatable bonds is 2. The average Bonchev–Trinajstić information content (AvgIpc) is 2.69. The largest absolute Gasteiger partial charge is 0.350 e. The number of hydrogen-bond acceptors (Lipinski definition) is 4. The normalized spacial score (nSPS) is 22.7. The summed E-state index contributed by atoms with van der Waals surface area (Å²) in [6.45, 7) is 2.68. The highest BCUT2D eigenvalue weighted by atomic mass is 19.1. The van der Waals surface area contributed by atoms with Crippen LogP contribution in [0.1, 0.15) is 28.9 Å². The van der Waals surface area contributed by atoms with Gasteiger partial charge in [0.15, 0.2) is 0 Å². The second kappa shape index (κ2) is 7.10. The fraction of sp³-hybridized carbons (Fsp3) is 0.350. The van der Waals surface area contributed by atoms with Crippen LogP contribution in [0.2, 0.25) is 0 Å². The van der Waals surface area contributed by atoms with Crippen LogP contribution < -0.4 is 0 Å². The second-order valence-electron chi connectivity index (χ2n) is 7.10. The predicted octanol–water partition coefficient (Wildman–Crippen LogP) is 2.44. The number of amides is 4. The molecule has 0 bridgehead atoms. The Hall–Kier alpha value is -3.16. The molecule has 0 saturated carbocycles. The highest BCUT2D eigenvalue weighted by Gasteiger charge is 2.41. The summed E-state index contributed by atoms with van der Waals surface area (Å²) in [6, 6.07) is 2.55. The lowest BCUT2D eigenvalue weighted by atomic mass is 9.92. The fourth-order valence-corrected chi connectivity index (χ4v) is 3.72. The summed E-state index contributed by atoms with van der Waals surface area (Å²) < 4.78 is 13.5. The van der Waals surface area contributed by atoms with E-state index in [-0.39, 0.29) is 17.7 Å². The third-order valence-corrected chi connectivity index (χ3v) is 5.27. The number of nitrogens with zero attached hydrogens (tertiary/aromatic N) is 4. The Morgan fingerprint density at radius 3 is 2.61 bits per heavy atom. The summed E-state index contributed by atoms with van der Waals surface area (Å²) >= 11 is 0. The monoisotopic (exact) mass is 382 g/mol. The SMILES string of the molecule is Cc1ccc(C(=O)N2CCC(N3C(=O)N=C4C=CC(F)=CC4C3=O)CC2)cn1. The molecule has 1 saturated heterocycles. The van der Waals surface area contributed by atoms with Crippen molar-refractivity contribution in [3.05, 3.63) is 53.6 Å². The number of aryl methyl sites for hydroxylation is 1. The number of allylic oxidation sites excluding steroid dienone is 3. The van der Waals surface area contributed by atoms with Crippen molar-refractivity contribution >= 4 is 23.6 Å². The third kappa shape index (κ3) is 3.26. The zero-order valence-electron chi connectivity index (χ0n) is 15.3. The van der Waals surface area contributed by atoms with Crippen molar-refractivity contribution < 1.29 is 18.8 Å². The van der Waals surface area contributed by atoms with E-state index in [9.17, 15) is 18.8 Å². The number of halogens is 1. The van der Waals surface area contributed by atoms with Crippen molar-refractivity contribution in [1.29, 1.82) is 0 Å². The van der Waals surface area contributed by atoms with E-state index in [2.05, 4.69) is 9.98 Å². The van der Waals surface area contributed by atoms with Gasteiger partial charge < -0.3 is 4.90 Å². The maximum Gasteiger partial charge on any atom is 0.350 e. The van der Waals surface area contributed by atoms with E-state index in [1.165, 1.54) is 18.2 Å². The Labute approximate surface area is 161 Å². The minimum absolute atomic E-state index is 0.120. The Morgan fingerprint density at radius 1 is 1.18 bits per heavy atom. The van der Waals surface area contributed by atoms with Gasteiger partial charge in [-0.15, -0.1) is 0 Å². The number of carbonyl (C=O) groups is 3. The van der Waals surface area contributed by atoms with E-state index < -0.39 is 23.7 Å². The molecular weight excluding hydrogens is 363 g/mol. The molecule has 4 amide bonds. The molecule has 28 heavy (non-hydrogen) atoms. The van der Waals surface area contributed by atoms with Gasteiger partial charge in [-0.2, -0.15) is 4.99 Å². The minimum Gasteiger partial charge on any atom is -0.338 e. The molecule has 1 fully saturated rings. The quantitative estimate of drug-likeness (QED) is 0.787. The zero-order chi connectivity index (χ0) is 19.8. The number of likely N-dealkylation sites (tertiary alicyclic amines) is 1. The maximum absolute atomic E-state index is 13.5. The first-order valence-corrected chi connectivity index (χ1v) is 9.17. The topological polar surface area (TPSA) is 82.9 Å². The number of aliphatic imine (C=N–C) groups is 1. The molecule has 0 spiro atoms. The van der Waals surface area contributed by atoms with Gasteiger partial charge in [-0.05, 0) is 50.1 Å². The van der Waals surface area contributed by atoms with E-state index in [1.54, 1.807) is 23.2 Å². The van der Waals surface area contributed by atoms with Crippen LogP contribution in [0.3, 0.4) is 0 Å². The van der Waals surface area contributed by atoms with Crippen LogP contribution in [0.4, 0.5) is 9.18 Å². The van der Waals surface area contributed by atoms with E-state index in [0.717, 1.165) is 10.6 Å². The van der Waals surface area contributed by atoms with Gasteiger partial charge in [0.1, 0.15) is 11.7 Å². The summed E-state index contributed by atoms with van der Waals surface area (Å²) in [4.78, 5) is 48.7. The van der Waals surface area contributed by atoms with Gasteiger partial charge in [-0.1, -0.05) is 0 Å². The molecule has 2 aliphatic heterocycles. The van der Waals surface area contributed by atoms with Gasteiger partial charge >= 0.3 is 6.03 Å². The summed E-state index contributed by atoms with van der Waals surface area (Å²) in [5, 5.41) is 0. The van der Waals surface area contributed by atoms with Gasteiger partial charge in [-0.25, -0.2) is 9.18 Å². The van der Waals surface area contributed by atoms with Crippen LogP contribution in [-0.2, 0) is 4.79 Å². The number of fused-ring (bicyclic) bond motifs is 1. The highest BCUT2D eigenvalue weighted by Crippen LogP contribution is 2.27. The first-order valence-electron chi connectivity index (χ1n) is 9.17. The van der Waals surface area contributed by atoms with Crippen LogP contribution in [0, 0.1) is 12.8 Å². The van der Waals surface area contributed by atoms with E-state index in [0.29, 0.717) is 31.5 Å². The molecule has 8 heteroatoms. The summed E-state index contributed by atoms with van der Waals surface area (Å²) in [6.07, 6.45) is 6.21. The van der Waals surface area contributed by atoms with Gasteiger partial charge in [0.2, 0.25) is 5.91 Å². The van der Waals surface area contributed by atoms with Crippen LogP contribution in [0.25, 0.3) is 0 Å². The lowest BCUT2D eigenvalue weighted by Crippen LogP contribution is -2.54. The molecule has 1 atom stereocenters. The first-order chi connectivity index (χ1) is 13.4. The van der Waals surface area contributed by atoms with Crippen molar-refractivity contribution in [2.45, 2.75) is 25.8 Å². The lowest BCUT2D eigenvalue weighted by molar-refractivity contribution is -0.131. The molecular formula is C20H19FN4O3. The number of aromatic nitrogens is 1. The second-order valence-corrected chi connectivity index (χ2v) is 7.10. The van der Waals surface area contributed by atoms with Crippen molar-refractivity contribution in [1.82, 2.24) is 14.8 Å². The molecule has 4 rings (SSSR count). The summed E-state index contributed by atoms with van der Waals surface area (Å²) in [5.41, 5.74) is 1.62. The number of imide groups is 1. The van der Waals surface area contributed by atoms with Crippen LogP contribution in [0.5, 0.6) is 0 Å². The van der Waals surface area contributed by atoms with Crippen molar-refractivity contribution in [2.24, 2.45) is 10.9 Å². The molecule has 7 nitrogen and oxygen atoms in total. The lowest BCUT2D eigenvalue weighted by Gasteiger charge is -2.39. The van der Waals surface area contributed by atoms with Gasteiger partial charge in [-0.3, -0.25) is 19.5 Å². The Morgan fingerprint density at radius 2 is 1.93 bits per heavy atom. The van der Waals surface area contributed by atoms with E-state index in [1.807, 2.05) is 6.92 Å². The molecule has 3 heterocycles. The molecule has 1 unspecified atom stereocenters. The number of urea groups is 1. The molecule has 1 aromatic heterocycles. The molecule has 0 N–H and O–H groups in total. The first kappa shape index (κ1) is 18.2. The predicted molar refractivity (Wildman–Crippen MR) is 99.4 cm³/mol. The van der Waals surface area contributed by atoms with Crippen LogP contribution >= 0.6 is 0 Å². The third-order valence-electron chi connectivity index (χ3n) is 5.27.